The van der Waals surface area contributed by atoms with Crippen LogP contribution in [-0.2, 0) is 40.4 Å². The highest BCUT2D eigenvalue weighted by Gasteiger charge is 2.46. The van der Waals surface area contributed by atoms with E-state index in [1.54, 1.807) is 4.57 Å². The first-order valence-corrected chi connectivity index (χ1v) is 13.7. The number of benzene rings is 1. The Hall–Kier alpha value is -3.31. The standard InChI is InChI=1S/C26H36N4O3.C2H2O4/c1-19-8-3-4-9-20(19)18-33-26(2)16-21-11-12-22(17-26)28(21)14-7-15-30-24(31)27-23-10-5-6-13-29(23)25(30)32;3-1(4)2(5)6/h3-4,8-9,21-22H,5-7,10-18H2,1-2H3;(H,3,4)(H,5,6). The van der Waals surface area contributed by atoms with Crippen LogP contribution in [0.1, 0.15) is 68.8 Å². The van der Waals surface area contributed by atoms with E-state index in [0.717, 1.165) is 45.1 Å². The van der Waals surface area contributed by atoms with E-state index >= 15 is 0 Å². The van der Waals surface area contributed by atoms with Crippen molar-refractivity contribution in [1.82, 2.24) is 19.0 Å². The van der Waals surface area contributed by atoms with E-state index in [4.69, 9.17) is 24.5 Å². The van der Waals surface area contributed by atoms with Gasteiger partial charge in [0, 0.05) is 38.1 Å². The minimum atomic E-state index is -1.82. The summed E-state index contributed by atoms with van der Waals surface area (Å²) in [6, 6.07) is 9.48. The fraction of sp³-hybridized carbons (Fsp3) is 0.607. The third-order valence-corrected chi connectivity index (χ3v) is 8.19. The molecule has 5 rings (SSSR count). The summed E-state index contributed by atoms with van der Waals surface area (Å²) in [5.41, 5.74) is 1.90. The number of aryl methyl sites for hydroxylation is 2. The summed E-state index contributed by atoms with van der Waals surface area (Å²) >= 11 is 0. The van der Waals surface area contributed by atoms with Crippen molar-refractivity contribution in [3.8, 4) is 0 Å². The van der Waals surface area contributed by atoms with Crippen LogP contribution in [0.15, 0.2) is 33.9 Å². The van der Waals surface area contributed by atoms with Crippen LogP contribution in [0.5, 0.6) is 0 Å². The Morgan fingerprint density at radius 2 is 1.72 bits per heavy atom. The molecule has 2 bridgehead atoms. The molecule has 2 N–H and O–H groups in total. The fourth-order valence-electron chi connectivity index (χ4n) is 6.18. The first-order valence-electron chi connectivity index (χ1n) is 13.7. The largest absolute Gasteiger partial charge is 0.473 e. The maximum absolute atomic E-state index is 12.8. The molecule has 2 atom stereocenters. The summed E-state index contributed by atoms with van der Waals surface area (Å²) in [5, 5.41) is 14.8. The van der Waals surface area contributed by atoms with Gasteiger partial charge in [0.15, 0.2) is 0 Å². The predicted molar refractivity (Wildman–Crippen MR) is 143 cm³/mol. The minimum Gasteiger partial charge on any atom is -0.473 e. The molecular formula is C28H38N4O7. The zero-order valence-corrected chi connectivity index (χ0v) is 22.7. The molecule has 2 unspecified atom stereocenters. The van der Waals surface area contributed by atoms with Gasteiger partial charge in [-0.1, -0.05) is 24.3 Å². The Labute approximate surface area is 227 Å². The van der Waals surface area contributed by atoms with E-state index in [9.17, 15) is 9.59 Å². The molecule has 2 fully saturated rings. The predicted octanol–water partition coefficient (Wildman–Crippen LogP) is 2.20. The van der Waals surface area contributed by atoms with E-state index in [0.29, 0.717) is 37.6 Å². The molecule has 0 spiro atoms. The molecule has 3 aliphatic heterocycles. The van der Waals surface area contributed by atoms with E-state index in [1.807, 2.05) is 0 Å². The lowest BCUT2D eigenvalue weighted by atomic mass is 9.87. The molecule has 0 radical (unpaired) electrons. The quantitative estimate of drug-likeness (QED) is 0.503. The third kappa shape index (κ3) is 6.83. The van der Waals surface area contributed by atoms with E-state index in [1.165, 1.54) is 28.5 Å². The van der Waals surface area contributed by atoms with Gasteiger partial charge in [-0.15, -0.1) is 0 Å². The monoisotopic (exact) mass is 542 g/mol. The van der Waals surface area contributed by atoms with Gasteiger partial charge >= 0.3 is 23.3 Å². The summed E-state index contributed by atoms with van der Waals surface area (Å²) in [6.07, 6.45) is 8.00. The number of carboxylic acid groups (broad SMARTS) is 2. The van der Waals surface area contributed by atoms with E-state index in [2.05, 4.69) is 48.0 Å². The van der Waals surface area contributed by atoms with Crippen LogP contribution < -0.4 is 11.4 Å². The van der Waals surface area contributed by atoms with Crippen LogP contribution in [-0.4, -0.2) is 65.4 Å². The zero-order valence-electron chi connectivity index (χ0n) is 22.7. The molecule has 4 heterocycles. The van der Waals surface area contributed by atoms with Crippen LogP contribution in [0.2, 0.25) is 0 Å². The Balaban J connectivity index is 0.000000531. The average Bonchev–Trinajstić information content (AvgIpc) is 3.15. The van der Waals surface area contributed by atoms with Crippen molar-refractivity contribution in [2.75, 3.05) is 6.54 Å². The number of aliphatic carboxylic acids is 2. The molecule has 2 aromatic rings. The second-order valence-corrected chi connectivity index (χ2v) is 11.0. The molecule has 1 aromatic carbocycles. The van der Waals surface area contributed by atoms with Gasteiger partial charge in [0.2, 0.25) is 0 Å². The number of hydrogen-bond acceptors (Lipinski definition) is 7. The Morgan fingerprint density at radius 1 is 1.05 bits per heavy atom. The highest BCUT2D eigenvalue weighted by atomic mass is 16.5. The first kappa shape index (κ1) is 28.7. The number of rotatable bonds is 7. The SMILES string of the molecule is Cc1ccccc1COC1(C)CC2CCC(C1)N2CCCn1c(=O)nc2n(c1=O)CCCC2.O=C(O)C(=O)O. The first-order chi connectivity index (χ1) is 18.6. The summed E-state index contributed by atoms with van der Waals surface area (Å²) in [4.78, 5) is 50.2. The molecule has 11 nitrogen and oxygen atoms in total. The molecule has 0 saturated carbocycles. The number of carbonyl (C=O) groups is 2. The Kier molecular flexibility index (Phi) is 9.01. The summed E-state index contributed by atoms with van der Waals surface area (Å²) < 4.78 is 9.54. The highest BCUT2D eigenvalue weighted by Crippen LogP contribution is 2.42. The number of carboxylic acids is 2. The number of fused-ring (bicyclic) bond motifs is 3. The normalized spacial score (nSPS) is 23.9. The van der Waals surface area contributed by atoms with Crippen LogP contribution in [0.25, 0.3) is 0 Å². The van der Waals surface area contributed by atoms with Gasteiger partial charge in [0.05, 0.1) is 12.2 Å². The fourth-order valence-corrected chi connectivity index (χ4v) is 6.18. The topological polar surface area (TPSA) is 144 Å². The molecule has 0 amide bonds. The van der Waals surface area contributed by atoms with Gasteiger partial charge in [0.25, 0.3) is 0 Å². The van der Waals surface area contributed by atoms with Gasteiger partial charge in [-0.3, -0.25) is 9.47 Å². The molecule has 39 heavy (non-hydrogen) atoms. The smallest absolute Gasteiger partial charge is 0.414 e. The Morgan fingerprint density at radius 3 is 2.36 bits per heavy atom. The van der Waals surface area contributed by atoms with Crippen molar-refractivity contribution in [3.63, 3.8) is 0 Å². The number of piperidine rings is 1. The maximum Gasteiger partial charge on any atom is 0.414 e. The van der Waals surface area contributed by atoms with Gasteiger partial charge in [-0.05, 0) is 69.9 Å². The van der Waals surface area contributed by atoms with Crippen LogP contribution in [0.3, 0.4) is 0 Å². The number of hydrogen-bond donors (Lipinski definition) is 2. The second kappa shape index (κ2) is 12.3. The molecule has 11 heteroatoms. The number of nitrogens with zero attached hydrogens (tertiary/aromatic N) is 4. The van der Waals surface area contributed by atoms with Crippen LogP contribution in [0.4, 0.5) is 0 Å². The van der Waals surface area contributed by atoms with Gasteiger partial charge in [0.1, 0.15) is 5.82 Å². The van der Waals surface area contributed by atoms with E-state index < -0.39 is 11.9 Å². The molecule has 1 aromatic heterocycles. The molecule has 3 aliphatic rings. The minimum absolute atomic E-state index is 0.0945. The number of ether oxygens (including phenoxy) is 1. The van der Waals surface area contributed by atoms with Crippen molar-refractivity contribution in [2.45, 2.75) is 103 Å². The van der Waals surface area contributed by atoms with Crippen LogP contribution >= 0.6 is 0 Å². The lowest BCUT2D eigenvalue weighted by Gasteiger charge is -2.45. The van der Waals surface area contributed by atoms with Gasteiger partial charge < -0.3 is 14.9 Å². The second-order valence-electron chi connectivity index (χ2n) is 11.0. The lowest BCUT2D eigenvalue weighted by molar-refractivity contribution is -0.159. The lowest BCUT2D eigenvalue weighted by Crippen LogP contribution is -2.51. The maximum atomic E-state index is 12.8. The third-order valence-electron chi connectivity index (χ3n) is 8.19. The van der Waals surface area contributed by atoms with Crippen LogP contribution in [0, 0.1) is 6.92 Å². The van der Waals surface area contributed by atoms with Gasteiger partial charge in [-0.2, -0.15) is 4.98 Å². The van der Waals surface area contributed by atoms with Crippen molar-refractivity contribution < 1.29 is 24.5 Å². The van der Waals surface area contributed by atoms with E-state index in [-0.39, 0.29) is 17.0 Å². The van der Waals surface area contributed by atoms with Gasteiger partial charge in [-0.25, -0.2) is 23.7 Å². The van der Waals surface area contributed by atoms with Crippen molar-refractivity contribution >= 4 is 11.9 Å². The van der Waals surface area contributed by atoms with Crippen molar-refractivity contribution in [3.05, 3.63) is 62.2 Å². The summed E-state index contributed by atoms with van der Waals surface area (Å²) in [7, 11) is 0. The summed E-state index contributed by atoms with van der Waals surface area (Å²) in [5.74, 6) is -2.99. The molecule has 2 saturated heterocycles. The van der Waals surface area contributed by atoms with Crippen molar-refractivity contribution in [2.24, 2.45) is 0 Å². The number of aromatic nitrogens is 3. The highest BCUT2D eigenvalue weighted by molar-refractivity contribution is 6.27. The average molecular weight is 543 g/mol. The zero-order chi connectivity index (χ0) is 28.2. The molecular weight excluding hydrogens is 504 g/mol. The Bertz CT molecular complexity index is 1290. The van der Waals surface area contributed by atoms with Crippen molar-refractivity contribution in [1.29, 1.82) is 0 Å². The summed E-state index contributed by atoms with van der Waals surface area (Å²) in [6.45, 7) is 7.12. The molecule has 0 aliphatic carbocycles. The molecule has 212 valence electrons.